The van der Waals surface area contributed by atoms with Gasteiger partial charge in [0.15, 0.2) is 29.1 Å². The fraction of sp³-hybridized carbons (Fsp3) is 0.658. The van der Waals surface area contributed by atoms with Gasteiger partial charge in [-0.1, -0.05) is 71.9 Å². The van der Waals surface area contributed by atoms with Crippen molar-refractivity contribution >= 4 is 0 Å². The predicted octanol–water partition coefficient (Wildman–Crippen LogP) is 8.37. The Balaban J connectivity index is 1.58. The summed E-state index contributed by atoms with van der Waals surface area (Å²) < 4.78 is 37.4. The third-order valence-corrected chi connectivity index (χ3v) is 9.85. The Morgan fingerprint density at radius 2 is 1.50 bits per heavy atom. The van der Waals surface area contributed by atoms with Crippen molar-refractivity contribution in [3.8, 4) is 40.6 Å². The summed E-state index contributed by atoms with van der Waals surface area (Å²) in [6.45, 7) is 11.0. The highest BCUT2D eigenvalue weighted by molar-refractivity contribution is 5.68. The second-order valence-electron chi connectivity index (χ2n) is 13.1. The minimum atomic E-state index is -0.664. The van der Waals surface area contributed by atoms with Crippen LogP contribution in [-0.4, -0.2) is 58.1 Å². The first-order valence-corrected chi connectivity index (χ1v) is 17.4. The van der Waals surface area contributed by atoms with Gasteiger partial charge in [0.25, 0.3) is 0 Å². The van der Waals surface area contributed by atoms with Gasteiger partial charge in [0.1, 0.15) is 6.61 Å². The molecule has 0 saturated heterocycles. The molecule has 0 radical (unpaired) electrons. The molecule has 0 aromatic heterocycles. The number of ether oxygens (including phenoxy) is 6. The lowest BCUT2D eigenvalue weighted by Crippen LogP contribution is -2.48. The van der Waals surface area contributed by atoms with Gasteiger partial charge in [0, 0.05) is 23.7 Å². The van der Waals surface area contributed by atoms with Crippen molar-refractivity contribution in [3.05, 3.63) is 35.4 Å². The number of benzene rings is 2. The molecule has 0 saturated carbocycles. The molecule has 0 fully saturated rings. The van der Waals surface area contributed by atoms with Gasteiger partial charge in [-0.15, -0.1) is 0 Å². The smallest absolute Gasteiger partial charge is 0.207 e. The topological polar surface area (TPSA) is 82.4 Å². The molecular formula is C38H56N2O6. The summed E-state index contributed by atoms with van der Waals surface area (Å²) in [5.74, 6) is 4.34. The van der Waals surface area contributed by atoms with Crippen LogP contribution in [0.15, 0.2) is 24.3 Å². The number of nitrogens with zero attached hydrogens (tertiary/aromatic N) is 2. The van der Waals surface area contributed by atoms with E-state index in [9.17, 15) is 5.26 Å². The van der Waals surface area contributed by atoms with Crippen molar-refractivity contribution in [3.63, 3.8) is 0 Å². The molecule has 2 aromatic rings. The van der Waals surface area contributed by atoms with Crippen molar-refractivity contribution in [2.24, 2.45) is 11.3 Å². The first-order valence-electron chi connectivity index (χ1n) is 17.4. The van der Waals surface area contributed by atoms with E-state index in [0.717, 1.165) is 99.1 Å². The third kappa shape index (κ3) is 7.79. The summed E-state index contributed by atoms with van der Waals surface area (Å²) in [5, 5.41) is 10.6. The number of unbranched alkanes of at least 4 members (excludes halogenated alkanes) is 4. The summed E-state index contributed by atoms with van der Waals surface area (Å²) in [5.41, 5.74) is 1.61. The highest BCUT2D eigenvalue weighted by Gasteiger charge is 2.46. The van der Waals surface area contributed by atoms with Crippen molar-refractivity contribution in [2.75, 3.05) is 41.1 Å². The van der Waals surface area contributed by atoms with Crippen LogP contribution in [0.1, 0.15) is 96.6 Å². The minimum absolute atomic E-state index is 0.105. The highest BCUT2D eigenvalue weighted by Crippen LogP contribution is 2.52. The number of hydrogen-bond donors (Lipinski definition) is 0. The van der Waals surface area contributed by atoms with E-state index in [2.05, 4.69) is 45.7 Å². The number of methoxy groups -OCH3 is 2. The average Bonchev–Trinajstić information content (AvgIpc) is 3.07. The van der Waals surface area contributed by atoms with Crippen molar-refractivity contribution in [1.82, 2.24) is 4.90 Å². The number of rotatable bonds is 18. The standard InChI is InChI=1S/C38H56N2O6/c1-8-10-14-21-43-34-29-23-28(40(5)24-30(29)35(44-22-15-11-9-2)37(42-7)36(34)41-6)17-16-20-38(26-39,27(3)4)33-25-45-31-18-12-13-19-32(31)46-33/h12-13,18-19,27-28,33H,8-11,14-17,20-25H2,1-7H3. The molecular weight excluding hydrogens is 580 g/mol. The van der Waals surface area contributed by atoms with E-state index < -0.39 is 5.41 Å². The SMILES string of the molecule is CCCCCOc1c2c(c(OCCCCC)c(OC)c1OC)CN(C)C(CCCC(C#N)(C(C)C)C1COc3ccccc3O1)C2. The average molecular weight is 637 g/mol. The molecule has 46 heavy (non-hydrogen) atoms. The Labute approximate surface area is 277 Å². The van der Waals surface area contributed by atoms with Crippen LogP contribution in [0.4, 0.5) is 0 Å². The number of nitriles is 1. The molecule has 254 valence electrons. The fourth-order valence-electron chi connectivity index (χ4n) is 6.94. The molecule has 2 aliphatic rings. The first-order chi connectivity index (χ1) is 22.3. The van der Waals surface area contributed by atoms with Gasteiger partial charge >= 0.3 is 0 Å². The monoisotopic (exact) mass is 636 g/mol. The lowest BCUT2D eigenvalue weighted by atomic mass is 9.70. The minimum Gasteiger partial charge on any atom is -0.490 e. The van der Waals surface area contributed by atoms with Gasteiger partial charge in [-0.25, -0.2) is 0 Å². The van der Waals surface area contributed by atoms with Gasteiger partial charge in [-0.2, -0.15) is 5.26 Å². The second kappa shape index (κ2) is 17.0. The second-order valence-corrected chi connectivity index (χ2v) is 13.1. The number of fused-ring (bicyclic) bond motifs is 2. The van der Waals surface area contributed by atoms with Gasteiger partial charge in [0.2, 0.25) is 11.5 Å². The molecule has 8 nitrogen and oxygen atoms in total. The molecule has 8 heteroatoms. The van der Waals surface area contributed by atoms with Crippen LogP contribution in [0.25, 0.3) is 0 Å². The Morgan fingerprint density at radius 3 is 2.07 bits per heavy atom. The van der Waals surface area contributed by atoms with Crippen LogP contribution in [0, 0.1) is 22.7 Å². The maximum atomic E-state index is 10.6. The molecule has 0 amide bonds. The molecule has 0 N–H and O–H groups in total. The molecule has 0 bridgehead atoms. The van der Waals surface area contributed by atoms with E-state index in [1.54, 1.807) is 14.2 Å². The van der Waals surface area contributed by atoms with E-state index in [4.69, 9.17) is 28.4 Å². The molecule has 3 atom stereocenters. The Kier molecular flexibility index (Phi) is 13.1. The first kappa shape index (κ1) is 35.5. The van der Waals surface area contributed by atoms with Gasteiger partial charge in [0.05, 0.1) is 38.9 Å². The number of likely N-dealkylation sites (N-methyl/N-ethyl adjacent to an activating group) is 1. The Morgan fingerprint density at radius 1 is 0.891 bits per heavy atom. The van der Waals surface area contributed by atoms with Crippen LogP contribution in [0.5, 0.6) is 34.5 Å². The molecule has 4 rings (SSSR count). The molecule has 2 heterocycles. The third-order valence-electron chi connectivity index (χ3n) is 9.85. The Hall–Kier alpha value is -3.31. The zero-order chi connectivity index (χ0) is 33.1. The van der Waals surface area contributed by atoms with E-state index in [0.29, 0.717) is 37.1 Å². The van der Waals surface area contributed by atoms with E-state index in [1.807, 2.05) is 24.3 Å². The maximum Gasteiger partial charge on any atom is 0.207 e. The van der Waals surface area contributed by atoms with Gasteiger partial charge < -0.3 is 28.4 Å². The molecule has 2 aliphatic heterocycles. The highest BCUT2D eigenvalue weighted by atomic mass is 16.6. The molecule has 2 aromatic carbocycles. The van der Waals surface area contributed by atoms with Crippen molar-refractivity contribution < 1.29 is 28.4 Å². The van der Waals surface area contributed by atoms with Gasteiger partial charge in [-0.05, 0) is 57.2 Å². The number of hydrogen-bond acceptors (Lipinski definition) is 8. The molecule has 0 aliphatic carbocycles. The van der Waals surface area contributed by atoms with Crippen LogP contribution >= 0.6 is 0 Å². The zero-order valence-electron chi connectivity index (χ0n) is 29.3. The maximum absolute atomic E-state index is 10.6. The van der Waals surface area contributed by atoms with Crippen molar-refractivity contribution in [2.45, 2.75) is 111 Å². The van der Waals surface area contributed by atoms with Crippen LogP contribution in [0.3, 0.4) is 0 Å². The quantitative estimate of drug-likeness (QED) is 0.151. The fourth-order valence-corrected chi connectivity index (χ4v) is 6.94. The summed E-state index contributed by atoms with van der Waals surface area (Å²) in [6, 6.07) is 10.7. The van der Waals surface area contributed by atoms with Gasteiger partial charge in [-0.3, -0.25) is 4.90 Å². The lowest BCUT2D eigenvalue weighted by molar-refractivity contribution is -0.0119. The van der Waals surface area contributed by atoms with Crippen LogP contribution in [-0.2, 0) is 13.0 Å². The zero-order valence-corrected chi connectivity index (χ0v) is 29.3. The largest absolute Gasteiger partial charge is 0.490 e. The van der Waals surface area contributed by atoms with E-state index >= 15 is 0 Å². The summed E-state index contributed by atoms with van der Waals surface area (Å²) in [6.07, 6.45) is 9.50. The van der Waals surface area contributed by atoms with Crippen molar-refractivity contribution in [1.29, 1.82) is 5.26 Å². The summed E-state index contributed by atoms with van der Waals surface area (Å²) >= 11 is 0. The normalized spacial score (nSPS) is 18.8. The lowest BCUT2D eigenvalue weighted by Gasteiger charge is -2.41. The van der Waals surface area contributed by atoms with Crippen LogP contribution in [0.2, 0.25) is 0 Å². The molecule has 3 unspecified atom stereocenters. The van der Waals surface area contributed by atoms with E-state index in [-0.39, 0.29) is 18.1 Å². The van der Waals surface area contributed by atoms with Crippen LogP contribution < -0.4 is 28.4 Å². The predicted molar refractivity (Wildman–Crippen MR) is 182 cm³/mol. The Bertz CT molecular complexity index is 1310. The molecule has 0 spiro atoms. The number of para-hydroxylation sites is 2. The summed E-state index contributed by atoms with van der Waals surface area (Å²) in [4.78, 5) is 2.41. The van der Waals surface area contributed by atoms with E-state index in [1.165, 1.54) is 0 Å². The summed E-state index contributed by atoms with van der Waals surface area (Å²) in [7, 11) is 5.54.